The highest BCUT2D eigenvalue weighted by Gasteiger charge is 2.17. The predicted octanol–water partition coefficient (Wildman–Crippen LogP) is 5.28. The lowest BCUT2D eigenvalue weighted by Crippen LogP contribution is -2.27. The maximum absolute atomic E-state index is 3.71. The Balaban J connectivity index is 2.77. The minimum Gasteiger partial charge on any atom is -0.310 e. The molecule has 2 unspecified atom stereocenters. The quantitative estimate of drug-likeness (QED) is 0.618. The summed E-state index contributed by atoms with van der Waals surface area (Å²) in [4.78, 5) is 1.38. The second-order valence-electron chi connectivity index (χ2n) is 5.20. The zero-order valence-electron chi connectivity index (χ0n) is 12.9. The van der Waals surface area contributed by atoms with Crippen molar-refractivity contribution in [2.24, 2.45) is 5.92 Å². The molecule has 0 aliphatic rings. The van der Waals surface area contributed by atoms with Crippen molar-refractivity contribution >= 4 is 11.8 Å². The Morgan fingerprint density at radius 1 is 1.05 bits per heavy atom. The van der Waals surface area contributed by atoms with Gasteiger partial charge in [0, 0.05) is 10.9 Å². The Hall–Kier alpha value is -0.470. The topological polar surface area (TPSA) is 12.0 Å². The molecule has 0 radical (unpaired) electrons. The normalized spacial score (nSPS) is 14.3. The van der Waals surface area contributed by atoms with E-state index in [9.17, 15) is 0 Å². The van der Waals surface area contributed by atoms with Crippen molar-refractivity contribution in [3.05, 3.63) is 29.8 Å². The van der Waals surface area contributed by atoms with Gasteiger partial charge in [0.25, 0.3) is 0 Å². The average Bonchev–Trinajstić information content (AvgIpc) is 2.41. The van der Waals surface area contributed by atoms with Crippen molar-refractivity contribution in [3.8, 4) is 0 Å². The van der Waals surface area contributed by atoms with Crippen LogP contribution in [0.15, 0.2) is 29.2 Å². The van der Waals surface area contributed by atoms with Gasteiger partial charge in [0.05, 0.1) is 0 Å². The van der Waals surface area contributed by atoms with Crippen LogP contribution in [0.1, 0.15) is 58.6 Å². The Bertz CT molecular complexity index is 334. The summed E-state index contributed by atoms with van der Waals surface area (Å²) in [6.07, 6.45) is 3.74. The lowest BCUT2D eigenvalue weighted by atomic mass is 9.91. The minimum atomic E-state index is 0.501. The van der Waals surface area contributed by atoms with Gasteiger partial charge in [-0.05, 0) is 48.8 Å². The van der Waals surface area contributed by atoms with Gasteiger partial charge in [-0.15, -0.1) is 11.8 Å². The van der Waals surface area contributed by atoms with E-state index in [2.05, 4.69) is 57.3 Å². The smallest absolute Gasteiger partial charge is 0.0346 e. The molecular formula is C17H29NS. The summed E-state index contributed by atoms with van der Waals surface area (Å²) in [6, 6.07) is 9.64. The molecule has 1 nitrogen and oxygen atoms in total. The third kappa shape index (κ3) is 5.58. The second kappa shape index (κ2) is 9.44. The highest BCUT2D eigenvalue weighted by molar-refractivity contribution is 7.99. The third-order valence-electron chi connectivity index (χ3n) is 3.48. The fourth-order valence-electron chi connectivity index (χ4n) is 2.51. The largest absolute Gasteiger partial charge is 0.310 e. The summed E-state index contributed by atoms with van der Waals surface area (Å²) in [5.41, 5.74) is 1.44. The van der Waals surface area contributed by atoms with Crippen molar-refractivity contribution in [2.75, 3.05) is 12.3 Å². The molecule has 0 fully saturated rings. The Labute approximate surface area is 123 Å². The molecule has 1 N–H and O–H groups in total. The van der Waals surface area contributed by atoms with E-state index in [1.165, 1.54) is 29.7 Å². The van der Waals surface area contributed by atoms with Gasteiger partial charge in [-0.2, -0.15) is 0 Å². The van der Waals surface area contributed by atoms with E-state index < -0.39 is 0 Å². The molecule has 1 aromatic carbocycles. The van der Waals surface area contributed by atoms with Gasteiger partial charge in [-0.3, -0.25) is 0 Å². The van der Waals surface area contributed by atoms with Crippen LogP contribution >= 0.6 is 11.8 Å². The van der Waals surface area contributed by atoms with Crippen molar-refractivity contribution < 1.29 is 0 Å². The molecule has 2 atom stereocenters. The van der Waals surface area contributed by atoms with Gasteiger partial charge in [0.15, 0.2) is 0 Å². The van der Waals surface area contributed by atoms with Crippen molar-refractivity contribution in [3.63, 3.8) is 0 Å². The molecule has 19 heavy (non-hydrogen) atoms. The number of benzene rings is 1. The molecule has 0 aliphatic carbocycles. The van der Waals surface area contributed by atoms with Crippen LogP contribution in [0.3, 0.4) is 0 Å². The average molecular weight is 279 g/mol. The first kappa shape index (κ1) is 16.6. The zero-order valence-corrected chi connectivity index (χ0v) is 13.7. The van der Waals surface area contributed by atoms with Gasteiger partial charge in [-0.1, -0.05) is 46.2 Å². The van der Waals surface area contributed by atoms with E-state index >= 15 is 0 Å². The van der Waals surface area contributed by atoms with Gasteiger partial charge >= 0.3 is 0 Å². The lowest BCUT2D eigenvalue weighted by Gasteiger charge is -2.25. The standard InChI is InChI=1S/C17H29NS/c1-5-8-14(4)17(18-13-6-2)15-9-11-16(12-10-15)19-7-3/h9-12,14,17-18H,5-8,13H2,1-4H3. The maximum atomic E-state index is 3.71. The van der Waals surface area contributed by atoms with E-state index in [4.69, 9.17) is 0 Å². The van der Waals surface area contributed by atoms with Gasteiger partial charge < -0.3 is 5.32 Å². The van der Waals surface area contributed by atoms with Crippen molar-refractivity contribution in [1.29, 1.82) is 0 Å². The third-order valence-corrected chi connectivity index (χ3v) is 4.37. The number of nitrogens with one attached hydrogen (secondary N) is 1. The summed E-state index contributed by atoms with van der Waals surface area (Å²) in [7, 11) is 0. The summed E-state index contributed by atoms with van der Waals surface area (Å²) in [5.74, 6) is 1.84. The Morgan fingerprint density at radius 3 is 2.26 bits per heavy atom. The highest BCUT2D eigenvalue weighted by atomic mass is 32.2. The molecule has 108 valence electrons. The first-order chi connectivity index (χ1) is 9.22. The fourth-order valence-corrected chi connectivity index (χ4v) is 3.17. The molecule has 0 aromatic heterocycles. The molecule has 1 rings (SSSR count). The molecule has 2 heteroatoms. The van der Waals surface area contributed by atoms with Crippen LogP contribution in [-0.2, 0) is 0 Å². The number of hydrogen-bond donors (Lipinski definition) is 1. The first-order valence-corrected chi connectivity index (χ1v) is 8.67. The summed E-state index contributed by atoms with van der Waals surface area (Å²) < 4.78 is 0. The van der Waals surface area contributed by atoms with Crippen molar-refractivity contribution in [1.82, 2.24) is 5.32 Å². The van der Waals surface area contributed by atoms with E-state index in [-0.39, 0.29) is 0 Å². The van der Waals surface area contributed by atoms with Crippen LogP contribution in [0, 0.1) is 5.92 Å². The monoisotopic (exact) mass is 279 g/mol. The molecule has 0 saturated carbocycles. The molecule has 0 saturated heterocycles. The molecular weight excluding hydrogens is 250 g/mol. The summed E-state index contributed by atoms with van der Waals surface area (Å²) >= 11 is 1.91. The zero-order chi connectivity index (χ0) is 14.1. The molecule has 1 aromatic rings. The molecule has 0 spiro atoms. The van der Waals surface area contributed by atoms with Crippen LogP contribution in [0.2, 0.25) is 0 Å². The van der Waals surface area contributed by atoms with Crippen LogP contribution in [0.4, 0.5) is 0 Å². The van der Waals surface area contributed by atoms with Gasteiger partial charge in [-0.25, -0.2) is 0 Å². The first-order valence-electron chi connectivity index (χ1n) is 7.69. The van der Waals surface area contributed by atoms with Crippen molar-refractivity contribution in [2.45, 2.75) is 57.9 Å². The van der Waals surface area contributed by atoms with E-state index in [0.717, 1.165) is 12.3 Å². The number of thioether (sulfide) groups is 1. The fraction of sp³-hybridized carbons (Fsp3) is 0.647. The maximum Gasteiger partial charge on any atom is 0.0346 e. The molecule has 0 bridgehead atoms. The lowest BCUT2D eigenvalue weighted by molar-refractivity contribution is 0.363. The minimum absolute atomic E-state index is 0.501. The van der Waals surface area contributed by atoms with Gasteiger partial charge in [0.1, 0.15) is 0 Å². The number of hydrogen-bond acceptors (Lipinski definition) is 2. The number of rotatable bonds is 9. The molecule has 0 aliphatic heterocycles. The van der Waals surface area contributed by atoms with Crippen LogP contribution in [-0.4, -0.2) is 12.3 Å². The van der Waals surface area contributed by atoms with Crippen LogP contribution < -0.4 is 5.32 Å². The molecule has 0 heterocycles. The second-order valence-corrected chi connectivity index (χ2v) is 6.54. The van der Waals surface area contributed by atoms with E-state index in [1.807, 2.05) is 11.8 Å². The van der Waals surface area contributed by atoms with E-state index in [0.29, 0.717) is 12.0 Å². The Kier molecular flexibility index (Phi) is 8.24. The SMILES string of the molecule is CCCNC(c1ccc(SCC)cc1)C(C)CCC. The summed E-state index contributed by atoms with van der Waals surface area (Å²) in [5, 5.41) is 3.71. The molecule has 0 amide bonds. The van der Waals surface area contributed by atoms with Gasteiger partial charge in [0.2, 0.25) is 0 Å². The van der Waals surface area contributed by atoms with Crippen LogP contribution in [0.5, 0.6) is 0 Å². The predicted molar refractivity (Wildman–Crippen MR) is 87.9 cm³/mol. The summed E-state index contributed by atoms with van der Waals surface area (Å²) in [6.45, 7) is 10.2. The van der Waals surface area contributed by atoms with E-state index in [1.54, 1.807) is 0 Å². The highest BCUT2D eigenvalue weighted by Crippen LogP contribution is 2.27. The van der Waals surface area contributed by atoms with Crippen LogP contribution in [0.25, 0.3) is 0 Å². The Morgan fingerprint density at radius 2 is 1.74 bits per heavy atom.